The Morgan fingerprint density at radius 3 is 2.62 bits per heavy atom. The Kier molecular flexibility index (Phi) is 6.51. The maximum Gasteiger partial charge on any atom is 0.0674 e. The van der Waals surface area contributed by atoms with Crippen LogP contribution in [-0.2, 0) is 4.74 Å². The molecule has 2 fully saturated rings. The van der Waals surface area contributed by atoms with E-state index < -0.39 is 0 Å². The van der Waals surface area contributed by atoms with Gasteiger partial charge in [0.1, 0.15) is 0 Å². The molecule has 2 rings (SSSR count). The summed E-state index contributed by atoms with van der Waals surface area (Å²) in [4.78, 5) is 2.67. The van der Waals surface area contributed by atoms with Crippen molar-refractivity contribution in [2.75, 3.05) is 26.2 Å². The molecule has 1 saturated carbocycles. The molecule has 1 heterocycles. The van der Waals surface area contributed by atoms with Crippen LogP contribution in [0.25, 0.3) is 0 Å². The van der Waals surface area contributed by atoms with E-state index in [1.165, 1.54) is 25.8 Å². The smallest absolute Gasteiger partial charge is 0.0674 e. The Bertz CT molecular complexity index is 310. The van der Waals surface area contributed by atoms with Crippen LogP contribution in [-0.4, -0.2) is 49.3 Å². The standard InChI is InChI=1S/C18H36N2O/c1-6-7-19-18-9-13(2)8-14(3)17(18)11-20-10-16(5)21-12-15(20)4/h13-19H,6-12H2,1-5H3. The fourth-order valence-electron chi connectivity index (χ4n) is 4.28. The first-order chi connectivity index (χ1) is 10.0. The van der Waals surface area contributed by atoms with Crippen LogP contribution in [0.3, 0.4) is 0 Å². The van der Waals surface area contributed by atoms with Gasteiger partial charge in [-0.1, -0.05) is 20.8 Å². The van der Waals surface area contributed by atoms with Gasteiger partial charge in [0.25, 0.3) is 0 Å². The molecule has 2 aliphatic rings. The quantitative estimate of drug-likeness (QED) is 0.843. The predicted octanol–water partition coefficient (Wildman–Crippen LogP) is 3.15. The van der Waals surface area contributed by atoms with Crippen molar-refractivity contribution in [2.45, 2.75) is 72.1 Å². The zero-order chi connectivity index (χ0) is 15.4. The number of nitrogens with zero attached hydrogens (tertiary/aromatic N) is 1. The van der Waals surface area contributed by atoms with Gasteiger partial charge in [0.15, 0.2) is 0 Å². The van der Waals surface area contributed by atoms with Gasteiger partial charge in [0, 0.05) is 25.2 Å². The van der Waals surface area contributed by atoms with Gasteiger partial charge in [0.2, 0.25) is 0 Å². The molecule has 0 radical (unpaired) electrons. The van der Waals surface area contributed by atoms with Crippen molar-refractivity contribution in [2.24, 2.45) is 17.8 Å². The second kappa shape index (κ2) is 7.94. The van der Waals surface area contributed by atoms with E-state index in [2.05, 4.69) is 44.8 Å². The number of nitrogens with one attached hydrogen (secondary N) is 1. The molecule has 3 nitrogen and oxygen atoms in total. The molecule has 1 aliphatic carbocycles. The lowest BCUT2D eigenvalue weighted by Crippen LogP contribution is -2.54. The predicted molar refractivity (Wildman–Crippen MR) is 89.6 cm³/mol. The van der Waals surface area contributed by atoms with Crippen LogP contribution in [0.15, 0.2) is 0 Å². The Morgan fingerprint density at radius 2 is 1.90 bits per heavy atom. The van der Waals surface area contributed by atoms with Gasteiger partial charge >= 0.3 is 0 Å². The van der Waals surface area contributed by atoms with Crippen LogP contribution < -0.4 is 5.32 Å². The van der Waals surface area contributed by atoms with Gasteiger partial charge in [-0.15, -0.1) is 0 Å². The second-order valence-corrected chi connectivity index (χ2v) is 7.73. The SMILES string of the molecule is CCCNC1CC(C)CC(C)C1CN1CC(C)OCC1C. The van der Waals surface area contributed by atoms with Gasteiger partial charge in [-0.2, -0.15) is 0 Å². The molecule has 0 aromatic rings. The minimum absolute atomic E-state index is 0.390. The molecule has 3 heteroatoms. The average Bonchev–Trinajstić information content (AvgIpc) is 2.43. The summed E-state index contributed by atoms with van der Waals surface area (Å²) >= 11 is 0. The molecule has 6 atom stereocenters. The molecule has 0 aromatic heterocycles. The summed E-state index contributed by atoms with van der Waals surface area (Å²) in [5, 5.41) is 3.84. The first-order valence-corrected chi connectivity index (χ1v) is 9.10. The van der Waals surface area contributed by atoms with E-state index in [9.17, 15) is 0 Å². The molecule has 1 saturated heterocycles. The first-order valence-electron chi connectivity index (χ1n) is 9.10. The van der Waals surface area contributed by atoms with E-state index in [1.54, 1.807) is 0 Å². The zero-order valence-electron chi connectivity index (χ0n) is 14.8. The number of hydrogen-bond acceptors (Lipinski definition) is 3. The molecule has 0 aromatic carbocycles. The van der Waals surface area contributed by atoms with Gasteiger partial charge in [-0.25, -0.2) is 0 Å². The van der Waals surface area contributed by atoms with Crippen LogP contribution in [0.5, 0.6) is 0 Å². The van der Waals surface area contributed by atoms with E-state index in [4.69, 9.17) is 4.74 Å². The number of morpholine rings is 1. The fourth-order valence-corrected chi connectivity index (χ4v) is 4.28. The van der Waals surface area contributed by atoms with Crippen molar-refractivity contribution in [3.63, 3.8) is 0 Å². The molecule has 124 valence electrons. The maximum absolute atomic E-state index is 5.79. The molecule has 0 spiro atoms. The van der Waals surface area contributed by atoms with Crippen molar-refractivity contribution in [1.29, 1.82) is 0 Å². The summed E-state index contributed by atoms with van der Waals surface area (Å²) in [5.74, 6) is 2.49. The first kappa shape index (κ1) is 17.2. The number of ether oxygens (including phenoxy) is 1. The number of rotatable bonds is 5. The molecule has 0 amide bonds. The van der Waals surface area contributed by atoms with Gasteiger partial charge in [0.05, 0.1) is 12.7 Å². The molecular weight excluding hydrogens is 260 g/mol. The molecular formula is C18H36N2O. The Hall–Kier alpha value is -0.120. The largest absolute Gasteiger partial charge is 0.376 e. The summed E-state index contributed by atoms with van der Waals surface area (Å²) in [5.41, 5.74) is 0. The van der Waals surface area contributed by atoms with Crippen molar-refractivity contribution in [1.82, 2.24) is 10.2 Å². The maximum atomic E-state index is 5.79. The molecule has 6 unspecified atom stereocenters. The second-order valence-electron chi connectivity index (χ2n) is 7.73. The third-order valence-corrected chi connectivity index (χ3v) is 5.52. The van der Waals surface area contributed by atoms with Crippen LogP contribution in [0.4, 0.5) is 0 Å². The summed E-state index contributed by atoms with van der Waals surface area (Å²) in [7, 11) is 0. The Balaban J connectivity index is 1.99. The van der Waals surface area contributed by atoms with Gasteiger partial charge in [-0.05, 0) is 57.4 Å². The fraction of sp³-hybridized carbons (Fsp3) is 1.00. The molecule has 21 heavy (non-hydrogen) atoms. The van der Waals surface area contributed by atoms with E-state index in [1.807, 2.05) is 0 Å². The summed E-state index contributed by atoms with van der Waals surface area (Å²) in [6.45, 7) is 16.1. The third-order valence-electron chi connectivity index (χ3n) is 5.52. The molecule has 1 N–H and O–H groups in total. The lowest BCUT2D eigenvalue weighted by Gasteiger charge is -2.45. The third kappa shape index (κ3) is 4.67. The van der Waals surface area contributed by atoms with E-state index in [-0.39, 0.29) is 0 Å². The van der Waals surface area contributed by atoms with Crippen LogP contribution in [0.1, 0.15) is 53.9 Å². The van der Waals surface area contributed by atoms with Crippen molar-refractivity contribution >= 4 is 0 Å². The Morgan fingerprint density at radius 1 is 1.14 bits per heavy atom. The van der Waals surface area contributed by atoms with Gasteiger partial charge in [-0.3, -0.25) is 4.90 Å². The van der Waals surface area contributed by atoms with Gasteiger partial charge < -0.3 is 10.1 Å². The van der Waals surface area contributed by atoms with Crippen molar-refractivity contribution in [3.8, 4) is 0 Å². The topological polar surface area (TPSA) is 24.5 Å². The average molecular weight is 296 g/mol. The normalized spacial score (nSPS) is 42.1. The summed E-state index contributed by atoms with van der Waals surface area (Å²) < 4.78 is 5.79. The van der Waals surface area contributed by atoms with Crippen LogP contribution in [0.2, 0.25) is 0 Å². The highest BCUT2D eigenvalue weighted by Crippen LogP contribution is 2.35. The molecule has 1 aliphatic heterocycles. The van der Waals surface area contributed by atoms with E-state index >= 15 is 0 Å². The minimum Gasteiger partial charge on any atom is -0.376 e. The van der Waals surface area contributed by atoms with Crippen LogP contribution in [0, 0.1) is 17.8 Å². The monoisotopic (exact) mass is 296 g/mol. The van der Waals surface area contributed by atoms with E-state index in [0.717, 1.165) is 37.5 Å². The van der Waals surface area contributed by atoms with Crippen molar-refractivity contribution in [3.05, 3.63) is 0 Å². The van der Waals surface area contributed by atoms with Crippen LogP contribution >= 0.6 is 0 Å². The molecule has 0 bridgehead atoms. The van der Waals surface area contributed by atoms with E-state index in [0.29, 0.717) is 18.2 Å². The van der Waals surface area contributed by atoms with Crippen molar-refractivity contribution < 1.29 is 4.74 Å². The zero-order valence-corrected chi connectivity index (χ0v) is 14.8. The minimum atomic E-state index is 0.390. The number of hydrogen-bond donors (Lipinski definition) is 1. The highest BCUT2D eigenvalue weighted by Gasteiger charge is 2.36. The summed E-state index contributed by atoms with van der Waals surface area (Å²) in [6.07, 6.45) is 4.37. The lowest BCUT2D eigenvalue weighted by molar-refractivity contribution is -0.0618. The highest BCUT2D eigenvalue weighted by atomic mass is 16.5. The lowest BCUT2D eigenvalue weighted by atomic mass is 9.72. The Labute approximate surface area is 131 Å². The highest BCUT2D eigenvalue weighted by molar-refractivity contribution is 4.91. The summed E-state index contributed by atoms with van der Waals surface area (Å²) in [6, 6.07) is 1.27.